The minimum atomic E-state index is -1.83. The number of carbonyl (C=O) groups excluding carboxylic acids is 1. The molecule has 0 radical (unpaired) electrons. The first-order chi connectivity index (χ1) is 6.51. The summed E-state index contributed by atoms with van der Waals surface area (Å²) in [4.78, 5) is 11.5. The predicted molar refractivity (Wildman–Crippen MR) is 67.0 cm³/mol. The molecule has 88 valence electrons. The lowest BCUT2D eigenvalue weighted by Crippen LogP contribution is -2.33. The van der Waals surface area contributed by atoms with Gasteiger partial charge in [0.05, 0.1) is 0 Å². The van der Waals surface area contributed by atoms with Crippen LogP contribution in [0.15, 0.2) is 5.16 Å². The second kappa shape index (κ2) is 4.93. The van der Waals surface area contributed by atoms with E-state index in [-0.39, 0.29) is 5.97 Å². The molecule has 0 N–H and O–H groups in total. The maximum atomic E-state index is 11.5. The molecule has 0 fully saturated rings. The predicted octanol–water partition coefficient (Wildman–Crippen LogP) is 2.59. The molecule has 0 atom stereocenters. The van der Waals surface area contributed by atoms with Crippen LogP contribution in [0.1, 0.15) is 6.92 Å². The van der Waals surface area contributed by atoms with E-state index in [2.05, 4.69) is 5.16 Å². The van der Waals surface area contributed by atoms with Crippen LogP contribution in [0, 0.1) is 0 Å². The third-order valence-electron chi connectivity index (χ3n) is 1.15. The van der Waals surface area contributed by atoms with E-state index in [1.807, 2.05) is 39.3 Å². The van der Waals surface area contributed by atoms with Crippen molar-refractivity contribution in [3.05, 3.63) is 0 Å². The average molecular weight is 247 g/mol. The van der Waals surface area contributed by atoms with Gasteiger partial charge in [-0.2, -0.15) is 0 Å². The van der Waals surface area contributed by atoms with Gasteiger partial charge in [0, 0.05) is 0 Å². The molecule has 6 heteroatoms. The molecule has 0 unspecified atom stereocenters. The minimum Gasteiger partial charge on any atom is -0.515 e. The largest absolute Gasteiger partial charge is 0.515 e. The van der Waals surface area contributed by atoms with E-state index in [0.717, 1.165) is 0 Å². The van der Waals surface area contributed by atoms with Gasteiger partial charge >= 0.3 is 5.97 Å². The molecule has 0 aromatic carbocycles. The summed E-state index contributed by atoms with van der Waals surface area (Å²) in [5, 5.41) is 3.81. The van der Waals surface area contributed by atoms with Crippen molar-refractivity contribution >= 4 is 28.3 Å². The molecule has 0 rings (SSSR count). The Morgan fingerprint density at radius 3 is 1.80 bits per heavy atom. The topological polar surface area (TPSA) is 47.9 Å². The molecule has 0 aliphatic carbocycles. The van der Waals surface area contributed by atoms with E-state index in [0.29, 0.717) is 5.71 Å². The molecule has 0 aromatic heterocycles. The molecule has 0 amide bonds. The highest BCUT2D eigenvalue weighted by molar-refractivity contribution is 6.72. The molecule has 0 saturated heterocycles. The van der Waals surface area contributed by atoms with Gasteiger partial charge in [0.25, 0.3) is 8.32 Å². The van der Waals surface area contributed by atoms with Gasteiger partial charge in [-0.1, -0.05) is 5.16 Å². The molecule has 0 aliphatic heterocycles. The zero-order valence-corrected chi connectivity index (χ0v) is 12.7. The van der Waals surface area contributed by atoms with Crippen LogP contribution in [0.25, 0.3) is 0 Å². The van der Waals surface area contributed by atoms with Gasteiger partial charge in [-0.3, -0.25) is 0 Å². The van der Waals surface area contributed by atoms with Gasteiger partial charge in [0.15, 0.2) is 5.71 Å². The summed E-state index contributed by atoms with van der Waals surface area (Å²) >= 11 is 0. The maximum Gasteiger partial charge on any atom is 0.342 e. The molecular formula is C9H21NO3Si2. The van der Waals surface area contributed by atoms with E-state index in [1.54, 1.807) is 6.92 Å². The molecule has 0 spiro atoms. The van der Waals surface area contributed by atoms with Crippen molar-refractivity contribution in [1.82, 2.24) is 0 Å². The Morgan fingerprint density at radius 1 is 1.00 bits per heavy atom. The highest BCUT2D eigenvalue weighted by Crippen LogP contribution is 2.06. The van der Waals surface area contributed by atoms with Crippen LogP contribution in [-0.2, 0) is 13.7 Å². The third kappa shape index (κ3) is 8.37. The summed E-state index contributed by atoms with van der Waals surface area (Å²) in [5.74, 6) is -0.368. The first-order valence-electron chi connectivity index (χ1n) is 4.97. The summed E-state index contributed by atoms with van der Waals surface area (Å²) < 4.78 is 10.5. The van der Waals surface area contributed by atoms with Crippen LogP contribution in [-0.4, -0.2) is 28.3 Å². The van der Waals surface area contributed by atoms with Crippen molar-refractivity contribution in [3.8, 4) is 0 Å². The summed E-state index contributed by atoms with van der Waals surface area (Å²) in [6.45, 7) is 13.5. The van der Waals surface area contributed by atoms with Crippen LogP contribution < -0.4 is 0 Å². The second-order valence-corrected chi connectivity index (χ2v) is 14.2. The number of hydrogen-bond acceptors (Lipinski definition) is 4. The van der Waals surface area contributed by atoms with Crippen LogP contribution in [0.4, 0.5) is 0 Å². The quantitative estimate of drug-likeness (QED) is 0.436. The van der Waals surface area contributed by atoms with Crippen LogP contribution >= 0.6 is 0 Å². The van der Waals surface area contributed by atoms with Crippen LogP contribution in [0.5, 0.6) is 0 Å². The van der Waals surface area contributed by atoms with Crippen molar-refractivity contribution in [1.29, 1.82) is 0 Å². The van der Waals surface area contributed by atoms with Gasteiger partial charge in [-0.05, 0) is 46.2 Å². The molecule has 0 aromatic rings. The van der Waals surface area contributed by atoms with Gasteiger partial charge in [-0.25, -0.2) is 4.79 Å². The van der Waals surface area contributed by atoms with Crippen molar-refractivity contribution in [2.24, 2.45) is 5.16 Å². The first kappa shape index (κ1) is 14.4. The smallest absolute Gasteiger partial charge is 0.342 e. The van der Waals surface area contributed by atoms with Gasteiger partial charge in [0.1, 0.15) is 0 Å². The highest BCUT2D eigenvalue weighted by Gasteiger charge is 2.23. The standard InChI is InChI=1S/C9H21NO3Si2/c1-8(10-13-15(5,6)7)9(11)12-14(2,3)4/h1-7H3. The monoisotopic (exact) mass is 247 g/mol. The lowest BCUT2D eigenvalue weighted by Gasteiger charge is -2.18. The molecule has 0 aliphatic rings. The Hall–Kier alpha value is -0.626. The lowest BCUT2D eigenvalue weighted by molar-refractivity contribution is -0.127. The van der Waals surface area contributed by atoms with Crippen LogP contribution in [0.2, 0.25) is 39.3 Å². The van der Waals surface area contributed by atoms with Crippen molar-refractivity contribution < 1.29 is 13.7 Å². The Morgan fingerprint density at radius 2 is 1.47 bits per heavy atom. The van der Waals surface area contributed by atoms with E-state index in [1.165, 1.54) is 0 Å². The van der Waals surface area contributed by atoms with E-state index >= 15 is 0 Å². The molecule has 4 nitrogen and oxygen atoms in total. The first-order valence-corrected chi connectivity index (χ1v) is 11.8. The Balaban J connectivity index is 4.33. The van der Waals surface area contributed by atoms with Crippen molar-refractivity contribution in [2.45, 2.75) is 46.2 Å². The zero-order chi connectivity index (χ0) is 12.3. The lowest BCUT2D eigenvalue weighted by atomic mass is 10.4. The van der Waals surface area contributed by atoms with Crippen molar-refractivity contribution in [3.63, 3.8) is 0 Å². The van der Waals surface area contributed by atoms with Crippen LogP contribution in [0.3, 0.4) is 0 Å². The van der Waals surface area contributed by atoms with E-state index in [4.69, 9.17) is 8.95 Å². The highest BCUT2D eigenvalue weighted by atomic mass is 28.4. The molecule has 0 heterocycles. The summed E-state index contributed by atoms with van der Waals surface area (Å²) in [5.41, 5.74) is 0.292. The molecule has 0 saturated carbocycles. The third-order valence-corrected chi connectivity index (χ3v) is 2.59. The van der Waals surface area contributed by atoms with Gasteiger partial charge in [-0.15, -0.1) is 0 Å². The average Bonchev–Trinajstić information content (AvgIpc) is 1.95. The normalized spacial score (nSPS) is 13.7. The Bertz CT molecular complexity index is 264. The number of nitrogens with zero attached hydrogens (tertiary/aromatic N) is 1. The number of oxime groups is 1. The SMILES string of the molecule is CC(=NO[Si](C)(C)C)C(=O)O[Si](C)(C)C. The summed E-state index contributed by atoms with van der Waals surface area (Å²) in [6, 6.07) is 0. The Kier molecular flexibility index (Phi) is 4.73. The molecule has 0 bridgehead atoms. The fourth-order valence-electron chi connectivity index (χ4n) is 0.595. The maximum absolute atomic E-state index is 11.5. The minimum absolute atomic E-state index is 0.292. The summed E-state index contributed by atoms with van der Waals surface area (Å²) in [6.07, 6.45) is 0. The van der Waals surface area contributed by atoms with Gasteiger partial charge in [0.2, 0.25) is 8.32 Å². The fourth-order valence-corrected chi connectivity index (χ4v) is 1.71. The number of carbonyl (C=O) groups is 1. The zero-order valence-electron chi connectivity index (χ0n) is 10.7. The summed E-state index contributed by atoms with van der Waals surface area (Å²) in [7, 11) is -3.54. The number of hydrogen-bond donors (Lipinski definition) is 0. The fraction of sp³-hybridized carbons (Fsp3) is 0.778. The van der Waals surface area contributed by atoms with Gasteiger partial charge < -0.3 is 8.95 Å². The molecule has 15 heavy (non-hydrogen) atoms. The second-order valence-electron chi connectivity index (χ2n) is 5.38. The van der Waals surface area contributed by atoms with E-state index in [9.17, 15) is 4.79 Å². The number of rotatable bonds is 4. The Labute approximate surface area is 93.9 Å². The van der Waals surface area contributed by atoms with E-state index < -0.39 is 16.6 Å². The molecular weight excluding hydrogens is 226 g/mol. The van der Waals surface area contributed by atoms with Crippen molar-refractivity contribution in [2.75, 3.05) is 0 Å².